The standard InChI is InChI=1S/C23H20IN3O4S/c1-2-21(23(29)25-17-11-9-16(24)10-12-17)32-20-8-4-6-18(14-20)26-22(28)15-5-3-7-19(13-15)27(30)31/h3-14,21H,2H2,1H3,(H,25,29)(H,26,28). The summed E-state index contributed by atoms with van der Waals surface area (Å²) in [6.45, 7) is 1.94. The summed E-state index contributed by atoms with van der Waals surface area (Å²) in [5, 5.41) is 16.3. The fourth-order valence-electron chi connectivity index (χ4n) is 2.85. The van der Waals surface area contributed by atoms with Crippen molar-refractivity contribution in [3.63, 3.8) is 0 Å². The van der Waals surface area contributed by atoms with Crippen LogP contribution >= 0.6 is 34.4 Å². The van der Waals surface area contributed by atoms with Crippen molar-refractivity contribution in [2.45, 2.75) is 23.5 Å². The largest absolute Gasteiger partial charge is 0.325 e. The molecule has 0 fully saturated rings. The van der Waals surface area contributed by atoms with E-state index in [1.807, 2.05) is 37.3 Å². The third-order valence-corrected chi connectivity index (χ3v) is 6.54. The third-order valence-electron chi connectivity index (χ3n) is 4.46. The summed E-state index contributed by atoms with van der Waals surface area (Å²) in [5.41, 5.74) is 1.33. The number of nitrogens with one attached hydrogen (secondary N) is 2. The van der Waals surface area contributed by atoms with E-state index >= 15 is 0 Å². The molecule has 0 saturated carbocycles. The zero-order chi connectivity index (χ0) is 23.1. The number of nitro benzene ring substituents is 1. The molecule has 2 amide bonds. The SMILES string of the molecule is CCC(Sc1cccc(NC(=O)c2cccc([N+](=O)[O-])c2)c1)C(=O)Nc1ccc(I)cc1. The fraction of sp³-hybridized carbons (Fsp3) is 0.130. The molecule has 0 heterocycles. The zero-order valence-electron chi connectivity index (χ0n) is 17.1. The van der Waals surface area contributed by atoms with Gasteiger partial charge in [0.15, 0.2) is 0 Å². The molecular formula is C23H20IN3O4S. The number of benzene rings is 3. The summed E-state index contributed by atoms with van der Waals surface area (Å²) >= 11 is 3.62. The molecule has 1 unspecified atom stereocenters. The highest BCUT2D eigenvalue weighted by molar-refractivity contribution is 14.1. The second-order valence-corrected chi connectivity index (χ2v) is 9.32. The molecule has 164 valence electrons. The Balaban J connectivity index is 1.67. The Kier molecular flexibility index (Phi) is 8.23. The van der Waals surface area contributed by atoms with Gasteiger partial charge in [0.05, 0.1) is 10.2 Å². The molecule has 0 spiro atoms. The summed E-state index contributed by atoms with van der Waals surface area (Å²) in [7, 11) is 0. The van der Waals surface area contributed by atoms with E-state index in [0.717, 1.165) is 14.2 Å². The van der Waals surface area contributed by atoms with E-state index in [-0.39, 0.29) is 22.4 Å². The lowest BCUT2D eigenvalue weighted by Gasteiger charge is -2.15. The lowest BCUT2D eigenvalue weighted by atomic mass is 10.2. The lowest BCUT2D eigenvalue weighted by Crippen LogP contribution is -2.24. The van der Waals surface area contributed by atoms with Crippen LogP contribution in [0.1, 0.15) is 23.7 Å². The van der Waals surface area contributed by atoms with Crippen LogP contribution in [-0.2, 0) is 4.79 Å². The van der Waals surface area contributed by atoms with Gasteiger partial charge in [0.25, 0.3) is 11.6 Å². The van der Waals surface area contributed by atoms with Crippen LogP contribution in [0, 0.1) is 13.7 Å². The first-order valence-corrected chi connectivity index (χ1v) is 11.7. The minimum Gasteiger partial charge on any atom is -0.325 e. The van der Waals surface area contributed by atoms with E-state index in [9.17, 15) is 19.7 Å². The first-order valence-electron chi connectivity index (χ1n) is 9.74. The fourth-order valence-corrected chi connectivity index (χ4v) is 4.23. The Morgan fingerprint density at radius 2 is 1.72 bits per heavy atom. The average Bonchev–Trinajstić information content (AvgIpc) is 2.79. The van der Waals surface area contributed by atoms with Crippen LogP contribution in [0.15, 0.2) is 77.7 Å². The van der Waals surface area contributed by atoms with Crippen LogP contribution in [0.3, 0.4) is 0 Å². The number of hydrogen-bond donors (Lipinski definition) is 2. The van der Waals surface area contributed by atoms with Gasteiger partial charge in [-0.25, -0.2) is 0 Å². The summed E-state index contributed by atoms with van der Waals surface area (Å²) < 4.78 is 1.09. The van der Waals surface area contributed by atoms with Crippen molar-refractivity contribution < 1.29 is 14.5 Å². The van der Waals surface area contributed by atoms with E-state index in [2.05, 4.69) is 33.2 Å². The number of nitro groups is 1. The number of nitrogens with zero attached hydrogens (tertiary/aromatic N) is 1. The summed E-state index contributed by atoms with van der Waals surface area (Å²) in [6, 6.07) is 20.3. The van der Waals surface area contributed by atoms with Crippen molar-refractivity contribution in [1.29, 1.82) is 0 Å². The first kappa shape index (κ1) is 23.7. The monoisotopic (exact) mass is 561 g/mol. The number of rotatable bonds is 8. The van der Waals surface area contributed by atoms with E-state index in [0.29, 0.717) is 12.1 Å². The maximum absolute atomic E-state index is 12.7. The molecule has 0 aromatic heterocycles. The van der Waals surface area contributed by atoms with Gasteiger partial charge in [0, 0.05) is 37.5 Å². The summed E-state index contributed by atoms with van der Waals surface area (Å²) in [4.78, 5) is 36.4. The van der Waals surface area contributed by atoms with Crippen LogP contribution in [0.4, 0.5) is 17.1 Å². The van der Waals surface area contributed by atoms with Crippen molar-refractivity contribution in [3.8, 4) is 0 Å². The van der Waals surface area contributed by atoms with Crippen molar-refractivity contribution >= 4 is 63.2 Å². The van der Waals surface area contributed by atoms with Gasteiger partial charge in [-0.2, -0.15) is 0 Å². The number of carbonyl (C=O) groups is 2. The van der Waals surface area contributed by atoms with Crippen LogP contribution in [0.25, 0.3) is 0 Å². The smallest absolute Gasteiger partial charge is 0.270 e. The van der Waals surface area contributed by atoms with Gasteiger partial charge >= 0.3 is 0 Å². The molecule has 9 heteroatoms. The van der Waals surface area contributed by atoms with Gasteiger partial charge in [-0.3, -0.25) is 19.7 Å². The number of non-ortho nitro benzene ring substituents is 1. The third kappa shape index (κ3) is 6.54. The van der Waals surface area contributed by atoms with Crippen molar-refractivity contribution in [2.24, 2.45) is 0 Å². The number of amides is 2. The molecule has 0 aliphatic heterocycles. The molecule has 0 bridgehead atoms. The van der Waals surface area contributed by atoms with Gasteiger partial charge in [-0.05, 0) is 77.5 Å². The van der Waals surface area contributed by atoms with Gasteiger partial charge in [0.2, 0.25) is 5.91 Å². The van der Waals surface area contributed by atoms with Crippen molar-refractivity contribution in [1.82, 2.24) is 0 Å². The molecule has 2 N–H and O–H groups in total. The molecule has 1 atom stereocenters. The Labute approximate surface area is 203 Å². The van der Waals surface area contributed by atoms with Crippen LogP contribution in [-0.4, -0.2) is 22.0 Å². The molecule has 7 nitrogen and oxygen atoms in total. The molecule has 32 heavy (non-hydrogen) atoms. The Hall–Kier alpha value is -2.92. The van der Waals surface area contributed by atoms with Crippen LogP contribution in [0.5, 0.6) is 0 Å². The predicted octanol–water partition coefficient (Wildman–Crippen LogP) is 5.96. The molecule has 3 aromatic carbocycles. The number of carbonyl (C=O) groups excluding carboxylic acids is 2. The molecule has 3 rings (SSSR count). The van der Waals surface area contributed by atoms with Crippen molar-refractivity contribution in [3.05, 3.63) is 92.0 Å². The maximum Gasteiger partial charge on any atom is 0.270 e. The summed E-state index contributed by atoms with van der Waals surface area (Å²) in [5.74, 6) is -0.538. The quantitative estimate of drug-likeness (QED) is 0.153. The molecule has 0 aliphatic rings. The highest BCUT2D eigenvalue weighted by Gasteiger charge is 2.19. The summed E-state index contributed by atoms with van der Waals surface area (Å²) in [6.07, 6.45) is 0.630. The number of hydrogen-bond acceptors (Lipinski definition) is 5. The number of anilines is 2. The van der Waals surface area contributed by atoms with E-state index < -0.39 is 10.8 Å². The lowest BCUT2D eigenvalue weighted by molar-refractivity contribution is -0.384. The number of thioether (sulfide) groups is 1. The highest BCUT2D eigenvalue weighted by atomic mass is 127. The minimum atomic E-state index is -0.541. The molecule has 0 saturated heterocycles. The molecular weight excluding hydrogens is 541 g/mol. The van der Waals surface area contributed by atoms with Crippen LogP contribution in [0.2, 0.25) is 0 Å². The predicted molar refractivity (Wildman–Crippen MR) is 135 cm³/mol. The van der Waals surface area contributed by atoms with Gasteiger partial charge in [0.1, 0.15) is 0 Å². The normalized spacial score (nSPS) is 11.4. The van der Waals surface area contributed by atoms with Gasteiger partial charge < -0.3 is 10.6 Å². The van der Waals surface area contributed by atoms with E-state index in [1.54, 1.807) is 18.2 Å². The minimum absolute atomic E-state index is 0.0928. The maximum atomic E-state index is 12.7. The first-order chi connectivity index (χ1) is 15.4. The van der Waals surface area contributed by atoms with Gasteiger partial charge in [-0.1, -0.05) is 19.1 Å². The molecule has 0 aliphatic carbocycles. The Morgan fingerprint density at radius 1 is 1.00 bits per heavy atom. The topological polar surface area (TPSA) is 101 Å². The molecule has 3 aromatic rings. The second-order valence-electron chi connectivity index (χ2n) is 6.80. The van der Waals surface area contributed by atoms with Crippen molar-refractivity contribution in [2.75, 3.05) is 10.6 Å². The van der Waals surface area contributed by atoms with Crippen LogP contribution < -0.4 is 10.6 Å². The zero-order valence-corrected chi connectivity index (χ0v) is 20.1. The van der Waals surface area contributed by atoms with E-state index in [1.165, 1.54) is 36.0 Å². The second kappa shape index (κ2) is 11.1. The Morgan fingerprint density at radius 3 is 2.41 bits per heavy atom. The van der Waals surface area contributed by atoms with E-state index in [4.69, 9.17) is 0 Å². The molecule has 0 radical (unpaired) electrons. The highest BCUT2D eigenvalue weighted by Crippen LogP contribution is 2.29. The van der Waals surface area contributed by atoms with Gasteiger partial charge in [-0.15, -0.1) is 11.8 Å². The number of halogens is 1. The average molecular weight is 561 g/mol. The Bertz CT molecular complexity index is 1140.